The van der Waals surface area contributed by atoms with Crippen LogP contribution in [0.1, 0.15) is 24.3 Å². The largest absolute Gasteiger partial charge is 0.459 e. The molecule has 1 aromatic heterocycles. The summed E-state index contributed by atoms with van der Waals surface area (Å²) in [6, 6.07) is 12.6. The SMILES string of the molecule is CNC(C)c1ccc(-c2cccc(C)c2)o1. The maximum absolute atomic E-state index is 5.81. The Hall–Kier alpha value is -1.54. The van der Waals surface area contributed by atoms with Gasteiger partial charge in [0.2, 0.25) is 0 Å². The lowest BCUT2D eigenvalue weighted by molar-refractivity contribution is 0.458. The summed E-state index contributed by atoms with van der Waals surface area (Å²) in [6.45, 7) is 4.17. The number of hydrogen-bond acceptors (Lipinski definition) is 2. The first-order chi connectivity index (χ1) is 7.70. The minimum absolute atomic E-state index is 0.249. The molecule has 0 radical (unpaired) electrons. The Bertz CT molecular complexity index is 473. The molecule has 1 atom stereocenters. The maximum atomic E-state index is 5.81. The van der Waals surface area contributed by atoms with Gasteiger partial charge >= 0.3 is 0 Å². The number of rotatable bonds is 3. The number of aryl methyl sites for hydroxylation is 1. The molecule has 0 spiro atoms. The van der Waals surface area contributed by atoms with Crippen molar-refractivity contribution in [3.05, 3.63) is 47.7 Å². The Balaban J connectivity index is 2.31. The lowest BCUT2D eigenvalue weighted by Crippen LogP contribution is -2.10. The Labute approximate surface area is 96.3 Å². The second-order valence-corrected chi connectivity index (χ2v) is 4.08. The topological polar surface area (TPSA) is 25.2 Å². The average molecular weight is 215 g/mol. The van der Waals surface area contributed by atoms with Gasteiger partial charge in [0.1, 0.15) is 11.5 Å². The van der Waals surface area contributed by atoms with Crippen LogP contribution in [0.25, 0.3) is 11.3 Å². The first-order valence-electron chi connectivity index (χ1n) is 5.54. The van der Waals surface area contributed by atoms with Gasteiger partial charge in [0.15, 0.2) is 0 Å². The van der Waals surface area contributed by atoms with Crippen LogP contribution in [0.3, 0.4) is 0 Å². The van der Waals surface area contributed by atoms with Crippen LogP contribution in [0.4, 0.5) is 0 Å². The third-order valence-electron chi connectivity index (χ3n) is 2.79. The van der Waals surface area contributed by atoms with Gasteiger partial charge in [-0.05, 0) is 39.1 Å². The molecule has 0 fully saturated rings. The molecular formula is C14H17NO. The molecule has 2 heteroatoms. The summed E-state index contributed by atoms with van der Waals surface area (Å²) >= 11 is 0. The Morgan fingerprint density at radius 2 is 2.00 bits per heavy atom. The molecule has 0 aliphatic heterocycles. The van der Waals surface area contributed by atoms with Crippen LogP contribution < -0.4 is 5.32 Å². The van der Waals surface area contributed by atoms with Gasteiger partial charge in [0, 0.05) is 5.56 Å². The molecule has 1 N–H and O–H groups in total. The van der Waals surface area contributed by atoms with E-state index in [1.807, 2.05) is 25.2 Å². The second-order valence-electron chi connectivity index (χ2n) is 4.08. The highest BCUT2D eigenvalue weighted by Gasteiger charge is 2.09. The van der Waals surface area contributed by atoms with Crippen LogP contribution in [0.2, 0.25) is 0 Å². The Kier molecular flexibility index (Phi) is 3.11. The summed E-state index contributed by atoms with van der Waals surface area (Å²) in [5, 5.41) is 3.16. The lowest BCUT2D eigenvalue weighted by atomic mass is 10.1. The summed E-state index contributed by atoms with van der Waals surface area (Å²) in [6.07, 6.45) is 0. The van der Waals surface area contributed by atoms with Crippen LogP contribution in [0.5, 0.6) is 0 Å². The van der Waals surface area contributed by atoms with E-state index >= 15 is 0 Å². The minimum atomic E-state index is 0.249. The quantitative estimate of drug-likeness (QED) is 0.847. The molecule has 0 amide bonds. The van der Waals surface area contributed by atoms with Gasteiger partial charge in [-0.2, -0.15) is 0 Å². The zero-order chi connectivity index (χ0) is 11.5. The van der Waals surface area contributed by atoms with Crippen molar-refractivity contribution in [2.45, 2.75) is 19.9 Å². The molecule has 1 heterocycles. The van der Waals surface area contributed by atoms with E-state index in [2.05, 4.69) is 37.4 Å². The van der Waals surface area contributed by atoms with Gasteiger partial charge < -0.3 is 9.73 Å². The van der Waals surface area contributed by atoms with Crippen LogP contribution in [0.15, 0.2) is 40.8 Å². The molecule has 0 bridgehead atoms. The van der Waals surface area contributed by atoms with E-state index in [0.717, 1.165) is 17.1 Å². The number of benzene rings is 1. The predicted octanol–water partition coefficient (Wildman–Crippen LogP) is 3.54. The Morgan fingerprint density at radius 3 is 2.69 bits per heavy atom. The summed E-state index contributed by atoms with van der Waals surface area (Å²) in [7, 11) is 1.93. The standard InChI is InChI=1S/C14H17NO/c1-10-5-4-6-12(9-10)14-8-7-13(16-14)11(2)15-3/h4-9,11,15H,1-3H3. The van der Waals surface area contributed by atoms with Crippen LogP contribution in [0, 0.1) is 6.92 Å². The van der Waals surface area contributed by atoms with E-state index in [1.165, 1.54) is 5.56 Å². The molecule has 16 heavy (non-hydrogen) atoms. The van der Waals surface area contributed by atoms with Crippen molar-refractivity contribution < 1.29 is 4.42 Å². The van der Waals surface area contributed by atoms with Gasteiger partial charge in [-0.25, -0.2) is 0 Å². The molecule has 0 aliphatic rings. The summed E-state index contributed by atoms with van der Waals surface area (Å²) in [5.41, 5.74) is 2.38. The van der Waals surface area contributed by atoms with E-state index < -0.39 is 0 Å². The smallest absolute Gasteiger partial charge is 0.134 e. The number of furan rings is 1. The predicted molar refractivity (Wildman–Crippen MR) is 66.4 cm³/mol. The summed E-state index contributed by atoms with van der Waals surface area (Å²) < 4.78 is 5.81. The first kappa shape index (κ1) is 11.0. The monoisotopic (exact) mass is 215 g/mol. The molecule has 2 rings (SSSR count). The van der Waals surface area contributed by atoms with Gasteiger partial charge in [-0.3, -0.25) is 0 Å². The van der Waals surface area contributed by atoms with Gasteiger partial charge in [-0.15, -0.1) is 0 Å². The van der Waals surface area contributed by atoms with Crippen LogP contribution in [-0.2, 0) is 0 Å². The van der Waals surface area contributed by atoms with Crippen molar-refractivity contribution in [3.63, 3.8) is 0 Å². The molecule has 84 valence electrons. The zero-order valence-corrected chi connectivity index (χ0v) is 9.95. The minimum Gasteiger partial charge on any atom is -0.459 e. The first-order valence-corrected chi connectivity index (χ1v) is 5.54. The van der Waals surface area contributed by atoms with Crippen molar-refractivity contribution in [1.29, 1.82) is 0 Å². The highest BCUT2D eigenvalue weighted by molar-refractivity contribution is 5.58. The van der Waals surface area contributed by atoms with Crippen molar-refractivity contribution in [1.82, 2.24) is 5.32 Å². The summed E-state index contributed by atoms with van der Waals surface area (Å²) in [4.78, 5) is 0. The van der Waals surface area contributed by atoms with Crippen LogP contribution in [-0.4, -0.2) is 7.05 Å². The third kappa shape index (κ3) is 2.17. The summed E-state index contributed by atoms with van der Waals surface area (Å²) in [5.74, 6) is 1.90. The van der Waals surface area contributed by atoms with Crippen LogP contribution >= 0.6 is 0 Å². The van der Waals surface area contributed by atoms with E-state index in [0.29, 0.717) is 0 Å². The van der Waals surface area contributed by atoms with Crippen molar-refractivity contribution in [2.75, 3.05) is 7.05 Å². The zero-order valence-electron chi connectivity index (χ0n) is 9.95. The molecule has 0 saturated carbocycles. The van der Waals surface area contributed by atoms with Gasteiger partial charge in [0.25, 0.3) is 0 Å². The van der Waals surface area contributed by atoms with Gasteiger partial charge in [0.05, 0.1) is 6.04 Å². The highest BCUT2D eigenvalue weighted by Crippen LogP contribution is 2.25. The number of nitrogens with one attached hydrogen (secondary N) is 1. The molecule has 1 unspecified atom stereocenters. The van der Waals surface area contributed by atoms with E-state index in [4.69, 9.17) is 4.42 Å². The fourth-order valence-electron chi connectivity index (χ4n) is 1.68. The van der Waals surface area contributed by atoms with Gasteiger partial charge in [-0.1, -0.05) is 23.8 Å². The lowest BCUT2D eigenvalue weighted by Gasteiger charge is -2.05. The normalized spacial score (nSPS) is 12.7. The number of hydrogen-bond donors (Lipinski definition) is 1. The fraction of sp³-hybridized carbons (Fsp3) is 0.286. The highest BCUT2D eigenvalue weighted by atomic mass is 16.3. The molecule has 1 aromatic carbocycles. The van der Waals surface area contributed by atoms with Crippen molar-refractivity contribution >= 4 is 0 Å². The average Bonchev–Trinajstić information content (AvgIpc) is 2.77. The van der Waals surface area contributed by atoms with Crippen molar-refractivity contribution in [2.24, 2.45) is 0 Å². The molecule has 0 aliphatic carbocycles. The van der Waals surface area contributed by atoms with Crippen molar-refractivity contribution in [3.8, 4) is 11.3 Å². The second kappa shape index (κ2) is 4.54. The third-order valence-corrected chi connectivity index (χ3v) is 2.79. The maximum Gasteiger partial charge on any atom is 0.134 e. The Morgan fingerprint density at radius 1 is 1.19 bits per heavy atom. The fourth-order valence-corrected chi connectivity index (χ4v) is 1.68. The molecular weight excluding hydrogens is 198 g/mol. The van der Waals surface area contributed by atoms with E-state index in [9.17, 15) is 0 Å². The van der Waals surface area contributed by atoms with E-state index in [-0.39, 0.29) is 6.04 Å². The van der Waals surface area contributed by atoms with E-state index in [1.54, 1.807) is 0 Å². The molecule has 2 nitrogen and oxygen atoms in total. The molecule has 0 saturated heterocycles. The molecule has 2 aromatic rings.